The summed E-state index contributed by atoms with van der Waals surface area (Å²) in [5.74, 6) is 0.437. The zero-order valence-corrected chi connectivity index (χ0v) is 11.7. The normalized spacial score (nSPS) is 13.6. The molecule has 0 aromatic heterocycles. The monoisotopic (exact) mass is 275 g/mol. The summed E-state index contributed by atoms with van der Waals surface area (Å²) in [5.41, 5.74) is 2.12. The smallest absolute Gasteiger partial charge is 0.212 e. The van der Waals surface area contributed by atoms with Gasteiger partial charge in [-0.15, -0.1) is 11.6 Å². The molecule has 1 aromatic rings. The highest BCUT2D eigenvalue weighted by molar-refractivity contribution is 7.89. The van der Waals surface area contributed by atoms with Crippen LogP contribution in [-0.2, 0) is 10.0 Å². The van der Waals surface area contributed by atoms with Gasteiger partial charge in [-0.1, -0.05) is 29.8 Å². The number of hydrogen-bond acceptors (Lipinski definition) is 2. The zero-order valence-electron chi connectivity index (χ0n) is 10.1. The van der Waals surface area contributed by atoms with Crippen LogP contribution in [0.2, 0.25) is 0 Å². The highest BCUT2D eigenvalue weighted by atomic mass is 35.5. The molecule has 0 heterocycles. The highest BCUT2D eigenvalue weighted by Crippen LogP contribution is 2.14. The lowest BCUT2D eigenvalue weighted by molar-refractivity contribution is 0.566. The summed E-state index contributed by atoms with van der Waals surface area (Å²) in [6.45, 7) is 3.84. The number of alkyl halides is 1. The van der Waals surface area contributed by atoms with E-state index in [-0.39, 0.29) is 11.8 Å². The molecule has 0 spiro atoms. The molecule has 1 N–H and O–H groups in total. The summed E-state index contributed by atoms with van der Waals surface area (Å²) >= 11 is 5.49. The standard InChI is InChI=1S/C12H18ClNO2S/c1-10-4-6-12(7-5-10)11(2)14-17(15,16)9-3-8-13/h4-7,11,14H,3,8-9H2,1-2H3/t11-/m0/s1. The van der Waals surface area contributed by atoms with Crippen LogP contribution in [0.15, 0.2) is 24.3 Å². The molecule has 96 valence electrons. The second kappa shape index (κ2) is 6.38. The predicted octanol–water partition coefficient (Wildman–Crippen LogP) is 2.60. The fourth-order valence-electron chi connectivity index (χ4n) is 1.50. The van der Waals surface area contributed by atoms with Gasteiger partial charge in [0.1, 0.15) is 0 Å². The Hall–Kier alpha value is -0.580. The number of halogens is 1. The van der Waals surface area contributed by atoms with Crippen molar-refractivity contribution in [3.05, 3.63) is 35.4 Å². The SMILES string of the molecule is Cc1ccc([C@H](C)NS(=O)(=O)CCCCl)cc1. The number of nitrogens with one attached hydrogen (secondary N) is 1. The van der Waals surface area contributed by atoms with Crippen LogP contribution < -0.4 is 4.72 Å². The molecule has 1 rings (SSSR count). The average Bonchev–Trinajstić information content (AvgIpc) is 2.26. The summed E-state index contributed by atoms with van der Waals surface area (Å²) < 4.78 is 26.0. The van der Waals surface area contributed by atoms with Gasteiger partial charge < -0.3 is 0 Å². The molecule has 0 aliphatic carbocycles. The lowest BCUT2D eigenvalue weighted by Crippen LogP contribution is -2.29. The van der Waals surface area contributed by atoms with Crippen molar-refractivity contribution in [2.75, 3.05) is 11.6 Å². The first kappa shape index (κ1) is 14.5. The van der Waals surface area contributed by atoms with E-state index >= 15 is 0 Å². The van der Waals surface area contributed by atoms with Crippen molar-refractivity contribution in [2.45, 2.75) is 26.3 Å². The van der Waals surface area contributed by atoms with Crippen LogP contribution in [0.4, 0.5) is 0 Å². The summed E-state index contributed by atoms with van der Waals surface area (Å²) in [7, 11) is -3.24. The maximum absolute atomic E-state index is 11.7. The van der Waals surface area contributed by atoms with Crippen LogP contribution in [0, 0.1) is 6.92 Å². The Morgan fingerprint density at radius 3 is 2.41 bits per heavy atom. The Kier molecular flexibility index (Phi) is 5.43. The minimum atomic E-state index is -3.24. The second-order valence-corrected chi connectivity index (χ2v) is 6.36. The molecular weight excluding hydrogens is 258 g/mol. The molecule has 0 radical (unpaired) electrons. The zero-order chi connectivity index (χ0) is 12.9. The molecule has 0 aliphatic rings. The van der Waals surface area contributed by atoms with Crippen molar-refractivity contribution >= 4 is 21.6 Å². The van der Waals surface area contributed by atoms with Gasteiger partial charge in [0.05, 0.1) is 5.75 Å². The summed E-state index contributed by atoms with van der Waals surface area (Å²) in [6.07, 6.45) is 0.470. The molecule has 17 heavy (non-hydrogen) atoms. The third kappa shape index (κ3) is 5.06. The Labute approximate surface area is 108 Å². The topological polar surface area (TPSA) is 46.2 Å². The minimum absolute atomic E-state index is 0.0761. The third-order valence-electron chi connectivity index (χ3n) is 2.48. The van der Waals surface area contributed by atoms with Crippen LogP contribution in [0.5, 0.6) is 0 Å². The second-order valence-electron chi connectivity index (χ2n) is 4.11. The van der Waals surface area contributed by atoms with E-state index < -0.39 is 10.0 Å². The van der Waals surface area contributed by atoms with E-state index in [0.29, 0.717) is 12.3 Å². The first-order valence-corrected chi connectivity index (χ1v) is 7.76. The molecular formula is C12H18ClNO2S. The van der Waals surface area contributed by atoms with Gasteiger partial charge in [-0.3, -0.25) is 0 Å². The maximum Gasteiger partial charge on any atom is 0.212 e. The van der Waals surface area contributed by atoms with Crippen molar-refractivity contribution in [1.29, 1.82) is 0 Å². The first-order chi connectivity index (χ1) is 7.94. The molecule has 1 atom stereocenters. The molecule has 0 bridgehead atoms. The molecule has 0 aliphatic heterocycles. The number of hydrogen-bond donors (Lipinski definition) is 1. The third-order valence-corrected chi connectivity index (χ3v) is 4.29. The lowest BCUT2D eigenvalue weighted by atomic mass is 10.1. The molecule has 0 fully saturated rings. The van der Waals surface area contributed by atoms with Gasteiger partial charge in [0.2, 0.25) is 10.0 Å². The van der Waals surface area contributed by atoms with E-state index in [2.05, 4.69) is 4.72 Å². The molecule has 1 aromatic carbocycles. The van der Waals surface area contributed by atoms with Gasteiger partial charge in [-0.2, -0.15) is 0 Å². The molecule has 5 heteroatoms. The van der Waals surface area contributed by atoms with Gasteiger partial charge >= 0.3 is 0 Å². The Morgan fingerprint density at radius 2 is 1.88 bits per heavy atom. The van der Waals surface area contributed by atoms with E-state index in [4.69, 9.17) is 11.6 Å². The van der Waals surface area contributed by atoms with Crippen molar-refractivity contribution in [2.24, 2.45) is 0 Å². The Balaban J connectivity index is 2.65. The number of aryl methyl sites for hydroxylation is 1. The Bertz CT molecular complexity index is 442. The van der Waals surface area contributed by atoms with E-state index in [1.807, 2.05) is 38.1 Å². The van der Waals surface area contributed by atoms with Crippen molar-refractivity contribution in [3.8, 4) is 0 Å². The van der Waals surface area contributed by atoms with E-state index in [1.54, 1.807) is 0 Å². The molecule has 0 saturated carbocycles. The van der Waals surface area contributed by atoms with Gasteiger partial charge in [-0.05, 0) is 25.8 Å². The van der Waals surface area contributed by atoms with Crippen LogP contribution >= 0.6 is 11.6 Å². The molecule has 3 nitrogen and oxygen atoms in total. The van der Waals surface area contributed by atoms with Crippen LogP contribution in [0.1, 0.15) is 30.5 Å². The quantitative estimate of drug-likeness (QED) is 0.811. The molecule has 0 saturated heterocycles. The van der Waals surface area contributed by atoms with Gasteiger partial charge in [0.15, 0.2) is 0 Å². The van der Waals surface area contributed by atoms with Crippen LogP contribution in [-0.4, -0.2) is 20.1 Å². The van der Waals surface area contributed by atoms with Crippen molar-refractivity contribution < 1.29 is 8.42 Å². The number of sulfonamides is 1. The predicted molar refractivity (Wildman–Crippen MR) is 71.9 cm³/mol. The average molecular weight is 276 g/mol. The Morgan fingerprint density at radius 1 is 1.29 bits per heavy atom. The van der Waals surface area contributed by atoms with Crippen LogP contribution in [0.25, 0.3) is 0 Å². The fourth-order valence-corrected chi connectivity index (χ4v) is 3.11. The molecule has 0 amide bonds. The van der Waals surface area contributed by atoms with Gasteiger partial charge in [-0.25, -0.2) is 13.1 Å². The van der Waals surface area contributed by atoms with Crippen molar-refractivity contribution in [1.82, 2.24) is 4.72 Å². The first-order valence-electron chi connectivity index (χ1n) is 5.57. The van der Waals surface area contributed by atoms with E-state index in [9.17, 15) is 8.42 Å². The maximum atomic E-state index is 11.7. The highest BCUT2D eigenvalue weighted by Gasteiger charge is 2.14. The van der Waals surface area contributed by atoms with Crippen molar-refractivity contribution in [3.63, 3.8) is 0 Å². The number of benzene rings is 1. The lowest BCUT2D eigenvalue weighted by Gasteiger charge is -2.14. The fraction of sp³-hybridized carbons (Fsp3) is 0.500. The van der Waals surface area contributed by atoms with E-state index in [1.165, 1.54) is 0 Å². The number of rotatable bonds is 6. The largest absolute Gasteiger partial charge is 0.212 e. The molecule has 0 unspecified atom stereocenters. The van der Waals surface area contributed by atoms with Crippen LogP contribution in [0.3, 0.4) is 0 Å². The van der Waals surface area contributed by atoms with Gasteiger partial charge in [0, 0.05) is 11.9 Å². The van der Waals surface area contributed by atoms with Gasteiger partial charge in [0.25, 0.3) is 0 Å². The van der Waals surface area contributed by atoms with E-state index in [0.717, 1.165) is 11.1 Å². The summed E-state index contributed by atoms with van der Waals surface area (Å²) in [5, 5.41) is 0. The summed E-state index contributed by atoms with van der Waals surface area (Å²) in [6, 6.07) is 7.60. The summed E-state index contributed by atoms with van der Waals surface area (Å²) in [4.78, 5) is 0. The minimum Gasteiger partial charge on any atom is -0.212 e.